The molecule has 4 aromatic carbocycles. The number of alkyl halides is 3. The SMILES string of the molecule is O=C(Nc1ccc(SC(C(=O)Nc2c(F)c(F)c(C(F)(F)F)c(F)c2F)c2ccccc2)cc1)/C(=C/c1ccco1)NC(=O)c1ccccc1. The predicted molar refractivity (Wildman–Crippen MR) is 171 cm³/mol. The van der Waals surface area contributed by atoms with Crippen molar-refractivity contribution in [1.29, 1.82) is 0 Å². The number of carbonyl (C=O) groups is 3. The maximum atomic E-state index is 14.6. The molecule has 0 spiro atoms. The highest BCUT2D eigenvalue weighted by Crippen LogP contribution is 2.40. The highest BCUT2D eigenvalue weighted by Gasteiger charge is 2.43. The summed E-state index contributed by atoms with van der Waals surface area (Å²) in [5, 5.41) is 5.54. The van der Waals surface area contributed by atoms with E-state index in [1.165, 1.54) is 60.9 Å². The van der Waals surface area contributed by atoms with Gasteiger partial charge in [0.2, 0.25) is 5.91 Å². The minimum atomic E-state index is -5.75. The standard InChI is InChI=1S/C35H22F7N3O4S/c36-26-25(35(40,41)42)27(37)29(39)30(28(26)38)45-34(48)31(19-8-3-1-4-9-19)50-23-15-13-21(14-16-23)43-33(47)24(18-22-12-7-17-49-22)44-32(46)20-10-5-2-6-11-20/h1-18,31H,(H,43,47)(H,44,46)(H,45,48)/b24-18-. The Kier molecular flexibility index (Phi) is 10.8. The summed E-state index contributed by atoms with van der Waals surface area (Å²) < 4.78 is 102. The van der Waals surface area contributed by atoms with Crippen LogP contribution in [0.2, 0.25) is 0 Å². The first kappa shape index (κ1) is 35.5. The molecule has 0 aliphatic heterocycles. The second-order valence-electron chi connectivity index (χ2n) is 10.3. The van der Waals surface area contributed by atoms with Gasteiger partial charge in [-0.2, -0.15) is 13.2 Å². The lowest BCUT2D eigenvalue weighted by Gasteiger charge is -2.19. The van der Waals surface area contributed by atoms with Gasteiger partial charge in [-0.3, -0.25) is 14.4 Å². The average molecular weight is 714 g/mol. The third-order valence-corrected chi connectivity index (χ3v) is 8.13. The van der Waals surface area contributed by atoms with Crippen LogP contribution in [0, 0.1) is 23.3 Å². The molecule has 1 unspecified atom stereocenters. The molecule has 5 rings (SSSR count). The Labute approximate surface area is 283 Å². The maximum Gasteiger partial charge on any atom is 0.422 e. The third kappa shape index (κ3) is 8.23. The summed E-state index contributed by atoms with van der Waals surface area (Å²) in [7, 11) is 0. The average Bonchev–Trinajstić information content (AvgIpc) is 3.62. The summed E-state index contributed by atoms with van der Waals surface area (Å²) >= 11 is 0.821. The lowest BCUT2D eigenvalue weighted by Crippen LogP contribution is -2.30. The van der Waals surface area contributed by atoms with Crippen LogP contribution >= 0.6 is 11.8 Å². The Morgan fingerprint density at radius 3 is 1.88 bits per heavy atom. The van der Waals surface area contributed by atoms with Crippen molar-refractivity contribution in [3.8, 4) is 0 Å². The van der Waals surface area contributed by atoms with Gasteiger partial charge in [0.05, 0.1) is 6.26 Å². The minimum Gasteiger partial charge on any atom is -0.465 e. The van der Waals surface area contributed by atoms with Crippen molar-refractivity contribution in [2.45, 2.75) is 16.3 Å². The van der Waals surface area contributed by atoms with Crippen LogP contribution < -0.4 is 16.0 Å². The van der Waals surface area contributed by atoms with Crippen molar-refractivity contribution in [3.05, 3.63) is 155 Å². The highest BCUT2D eigenvalue weighted by molar-refractivity contribution is 8.00. The van der Waals surface area contributed by atoms with E-state index >= 15 is 0 Å². The summed E-state index contributed by atoms with van der Waals surface area (Å²) in [6.07, 6.45) is -3.05. The number of thioether (sulfide) groups is 1. The van der Waals surface area contributed by atoms with Crippen molar-refractivity contribution in [3.63, 3.8) is 0 Å². The van der Waals surface area contributed by atoms with Gasteiger partial charge in [-0.15, -0.1) is 11.8 Å². The van der Waals surface area contributed by atoms with E-state index in [4.69, 9.17) is 4.42 Å². The molecule has 1 atom stereocenters. The first-order valence-electron chi connectivity index (χ1n) is 14.3. The molecule has 7 nitrogen and oxygen atoms in total. The number of rotatable bonds is 10. The maximum absolute atomic E-state index is 14.6. The number of hydrogen-bond acceptors (Lipinski definition) is 5. The van der Waals surface area contributed by atoms with Crippen molar-refractivity contribution >= 4 is 46.9 Å². The zero-order chi connectivity index (χ0) is 36.0. The quantitative estimate of drug-likeness (QED) is 0.0582. The van der Waals surface area contributed by atoms with Gasteiger partial charge in [0, 0.05) is 22.2 Å². The van der Waals surface area contributed by atoms with Crippen LogP contribution in [-0.4, -0.2) is 17.7 Å². The molecular weight excluding hydrogens is 691 g/mol. The number of furan rings is 1. The van der Waals surface area contributed by atoms with Crippen LogP contribution in [-0.2, 0) is 15.8 Å². The second-order valence-corrected chi connectivity index (χ2v) is 11.5. The predicted octanol–water partition coefficient (Wildman–Crippen LogP) is 8.74. The molecule has 0 radical (unpaired) electrons. The molecule has 0 aliphatic carbocycles. The number of benzene rings is 4. The van der Waals surface area contributed by atoms with Gasteiger partial charge in [0.25, 0.3) is 11.8 Å². The first-order valence-corrected chi connectivity index (χ1v) is 15.2. The molecule has 5 aromatic rings. The molecular formula is C35H22F7N3O4S. The Morgan fingerprint density at radius 2 is 1.32 bits per heavy atom. The molecule has 3 N–H and O–H groups in total. The van der Waals surface area contributed by atoms with E-state index in [2.05, 4.69) is 10.6 Å². The van der Waals surface area contributed by atoms with Gasteiger partial charge in [-0.25, -0.2) is 17.6 Å². The Hall–Kier alpha value is -5.83. The lowest BCUT2D eigenvalue weighted by atomic mass is 10.1. The zero-order valence-corrected chi connectivity index (χ0v) is 26.0. The van der Waals surface area contributed by atoms with Crippen LogP contribution in [0.1, 0.15) is 32.5 Å². The molecule has 0 aliphatic rings. The topological polar surface area (TPSA) is 100 Å². The van der Waals surface area contributed by atoms with E-state index in [-0.39, 0.29) is 22.7 Å². The minimum absolute atomic E-state index is 0.149. The fourth-order valence-corrected chi connectivity index (χ4v) is 5.51. The van der Waals surface area contributed by atoms with E-state index < -0.39 is 63.7 Å². The molecule has 0 bridgehead atoms. The van der Waals surface area contributed by atoms with Gasteiger partial charge in [-0.1, -0.05) is 48.5 Å². The van der Waals surface area contributed by atoms with E-state index in [1.54, 1.807) is 53.8 Å². The fraction of sp³-hybridized carbons (Fsp3) is 0.0571. The van der Waals surface area contributed by atoms with Crippen LogP contribution in [0.15, 0.2) is 118 Å². The van der Waals surface area contributed by atoms with Crippen molar-refractivity contribution < 1.29 is 49.5 Å². The number of halogens is 7. The summed E-state index contributed by atoms with van der Waals surface area (Å²) in [4.78, 5) is 39.7. The van der Waals surface area contributed by atoms with Gasteiger partial charge in [-0.05, 0) is 54.1 Å². The highest BCUT2D eigenvalue weighted by atomic mass is 32.2. The molecule has 50 heavy (non-hydrogen) atoms. The van der Waals surface area contributed by atoms with Crippen LogP contribution in [0.5, 0.6) is 0 Å². The molecule has 3 amide bonds. The first-order chi connectivity index (χ1) is 23.8. The summed E-state index contributed by atoms with van der Waals surface area (Å²) in [5.74, 6) is -12.5. The fourth-order valence-electron chi connectivity index (χ4n) is 4.49. The second kappa shape index (κ2) is 15.2. The summed E-state index contributed by atoms with van der Waals surface area (Å²) in [6.45, 7) is 0. The van der Waals surface area contributed by atoms with Crippen LogP contribution in [0.4, 0.5) is 42.1 Å². The Balaban J connectivity index is 1.35. The molecule has 0 saturated heterocycles. The molecule has 15 heteroatoms. The largest absolute Gasteiger partial charge is 0.465 e. The molecule has 0 saturated carbocycles. The van der Waals surface area contributed by atoms with Crippen LogP contribution in [0.3, 0.4) is 0 Å². The van der Waals surface area contributed by atoms with Crippen molar-refractivity contribution in [2.24, 2.45) is 0 Å². The Bertz CT molecular complexity index is 2010. The van der Waals surface area contributed by atoms with Crippen molar-refractivity contribution in [1.82, 2.24) is 5.32 Å². The van der Waals surface area contributed by atoms with E-state index in [1.807, 2.05) is 0 Å². The normalized spacial score (nSPS) is 12.3. The van der Waals surface area contributed by atoms with E-state index in [0.29, 0.717) is 10.5 Å². The Morgan fingerprint density at radius 1 is 0.720 bits per heavy atom. The number of nitrogens with one attached hydrogen (secondary N) is 3. The van der Waals surface area contributed by atoms with E-state index in [9.17, 15) is 45.1 Å². The molecule has 1 aromatic heterocycles. The smallest absolute Gasteiger partial charge is 0.422 e. The zero-order valence-electron chi connectivity index (χ0n) is 25.2. The summed E-state index contributed by atoms with van der Waals surface area (Å²) in [5.41, 5.74) is -3.84. The number of carbonyl (C=O) groups excluding carboxylic acids is 3. The summed E-state index contributed by atoms with van der Waals surface area (Å²) in [6, 6.07) is 24.8. The number of amides is 3. The molecule has 0 fully saturated rings. The van der Waals surface area contributed by atoms with Gasteiger partial charge in [0.15, 0.2) is 23.3 Å². The number of hydrogen-bond donors (Lipinski definition) is 3. The monoisotopic (exact) mass is 713 g/mol. The van der Waals surface area contributed by atoms with Crippen LogP contribution in [0.25, 0.3) is 6.08 Å². The third-order valence-electron chi connectivity index (χ3n) is 6.86. The number of anilines is 2. The molecule has 256 valence electrons. The lowest BCUT2D eigenvalue weighted by molar-refractivity contribution is -0.143. The van der Waals surface area contributed by atoms with Gasteiger partial charge < -0.3 is 20.4 Å². The van der Waals surface area contributed by atoms with Gasteiger partial charge in [0.1, 0.15) is 28.0 Å². The van der Waals surface area contributed by atoms with Gasteiger partial charge >= 0.3 is 6.18 Å². The van der Waals surface area contributed by atoms with E-state index in [0.717, 1.165) is 11.8 Å². The van der Waals surface area contributed by atoms with Crippen molar-refractivity contribution in [2.75, 3.05) is 10.6 Å². The molecule has 1 heterocycles.